The zero-order chi connectivity index (χ0) is 13.7. The Bertz CT molecular complexity index is 549. The number of amides is 1. The van der Waals surface area contributed by atoms with Gasteiger partial charge in [-0.05, 0) is 31.0 Å². The largest absolute Gasteiger partial charge is 0.446 e. The summed E-state index contributed by atoms with van der Waals surface area (Å²) in [5.41, 5.74) is 1.71. The van der Waals surface area contributed by atoms with Crippen molar-refractivity contribution in [1.29, 1.82) is 0 Å². The second kappa shape index (κ2) is 6.13. The van der Waals surface area contributed by atoms with E-state index >= 15 is 0 Å². The zero-order valence-electron chi connectivity index (χ0n) is 10.6. The van der Waals surface area contributed by atoms with Crippen molar-refractivity contribution in [2.45, 2.75) is 26.3 Å². The predicted molar refractivity (Wildman–Crippen MR) is 67.8 cm³/mol. The van der Waals surface area contributed by atoms with Gasteiger partial charge in [0.1, 0.15) is 11.6 Å². The molecule has 1 aromatic carbocycles. The first kappa shape index (κ1) is 13.3. The van der Waals surface area contributed by atoms with E-state index in [1.54, 1.807) is 12.1 Å². The second-order valence-electron chi connectivity index (χ2n) is 4.26. The number of carbonyl (C=O) groups is 1. The molecule has 5 heteroatoms. The zero-order valence-corrected chi connectivity index (χ0v) is 10.6. The van der Waals surface area contributed by atoms with Crippen LogP contribution in [0.25, 0.3) is 0 Å². The van der Waals surface area contributed by atoms with E-state index in [2.05, 4.69) is 10.3 Å². The molecule has 1 heterocycles. The molecule has 4 nitrogen and oxygen atoms in total. The smallest absolute Gasteiger partial charge is 0.220 e. The van der Waals surface area contributed by atoms with Gasteiger partial charge in [-0.1, -0.05) is 12.1 Å². The van der Waals surface area contributed by atoms with Gasteiger partial charge in [0.15, 0.2) is 6.39 Å². The van der Waals surface area contributed by atoms with Crippen LogP contribution in [-0.4, -0.2) is 10.9 Å². The first-order valence-corrected chi connectivity index (χ1v) is 6.05. The lowest BCUT2D eigenvalue weighted by Crippen LogP contribution is -2.23. The summed E-state index contributed by atoms with van der Waals surface area (Å²) < 4.78 is 17.8. The minimum Gasteiger partial charge on any atom is -0.446 e. The highest BCUT2D eigenvalue weighted by Gasteiger charge is 2.06. The number of hydrogen-bond acceptors (Lipinski definition) is 3. The topological polar surface area (TPSA) is 55.1 Å². The maximum Gasteiger partial charge on any atom is 0.220 e. The maximum absolute atomic E-state index is 12.7. The lowest BCUT2D eigenvalue weighted by atomic mass is 10.1. The van der Waals surface area contributed by atoms with E-state index in [9.17, 15) is 9.18 Å². The molecule has 0 atom stereocenters. The molecule has 0 aliphatic heterocycles. The van der Waals surface area contributed by atoms with E-state index in [1.165, 1.54) is 18.5 Å². The van der Waals surface area contributed by atoms with Crippen molar-refractivity contribution in [2.75, 3.05) is 0 Å². The molecule has 19 heavy (non-hydrogen) atoms. The van der Waals surface area contributed by atoms with Gasteiger partial charge < -0.3 is 9.73 Å². The van der Waals surface area contributed by atoms with E-state index in [0.29, 0.717) is 25.1 Å². The Morgan fingerprint density at radius 2 is 2.11 bits per heavy atom. The Balaban J connectivity index is 1.76. The fourth-order valence-corrected chi connectivity index (χ4v) is 1.67. The Labute approximate surface area is 110 Å². The lowest BCUT2D eigenvalue weighted by molar-refractivity contribution is -0.121. The van der Waals surface area contributed by atoms with Gasteiger partial charge in [0.05, 0.1) is 12.2 Å². The van der Waals surface area contributed by atoms with Gasteiger partial charge >= 0.3 is 0 Å². The lowest BCUT2D eigenvalue weighted by Gasteiger charge is -2.04. The summed E-state index contributed by atoms with van der Waals surface area (Å²) in [6.07, 6.45) is 2.30. The molecule has 2 rings (SSSR count). The summed E-state index contributed by atoms with van der Waals surface area (Å²) in [6, 6.07) is 6.16. The van der Waals surface area contributed by atoms with Crippen LogP contribution in [0.5, 0.6) is 0 Å². The van der Waals surface area contributed by atoms with Crippen LogP contribution in [0.4, 0.5) is 4.39 Å². The van der Waals surface area contributed by atoms with Gasteiger partial charge in [0, 0.05) is 6.42 Å². The monoisotopic (exact) mass is 262 g/mol. The van der Waals surface area contributed by atoms with Crippen LogP contribution in [-0.2, 0) is 17.8 Å². The minimum atomic E-state index is -0.269. The number of halogens is 1. The molecule has 0 bridgehead atoms. The fraction of sp³-hybridized carbons (Fsp3) is 0.286. The van der Waals surface area contributed by atoms with Crippen LogP contribution in [0, 0.1) is 12.7 Å². The highest BCUT2D eigenvalue weighted by molar-refractivity contribution is 5.76. The van der Waals surface area contributed by atoms with Crippen LogP contribution in [0.3, 0.4) is 0 Å². The van der Waals surface area contributed by atoms with Gasteiger partial charge in [-0.15, -0.1) is 0 Å². The van der Waals surface area contributed by atoms with Crippen LogP contribution < -0.4 is 5.32 Å². The molecule has 1 amide bonds. The van der Waals surface area contributed by atoms with Gasteiger partial charge in [-0.2, -0.15) is 0 Å². The number of aryl methyl sites for hydroxylation is 2. The quantitative estimate of drug-likeness (QED) is 0.900. The Morgan fingerprint density at radius 1 is 1.37 bits per heavy atom. The molecular weight excluding hydrogens is 247 g/mol. The average molecular weight is 262 g/mol. The summed E-state index contributed by atoms with van der Waals surface area (Å²) in [4.78, 5) is 15.6. The van der Waals surface area contributed by atoms with Gasteiger partial charge in [0.2, 0.25) is 5.91 Å². The van der Waals surface area contributed by atoms with Crippen molar-refractivity contribution < 1.29 is 13.6 Å². The van der Waals surface area contributed by atoms with Crippen molar-refractivity contribution in [3.63, 3.8) is 0 Å². The van der Waals surface area contributed by atoms with Crippen molar-refractivity contribution in [2.24, 2.45) is 0 Å². The number of oxazole rings is 1. The Kier molecular flexibility index (Phi) is 4.28. The number of nitrogens with one attached hydrogen (secondary N) is 1. The second-order valence-corrected chi connectivity index (χ2v) is 4.26. The third-order valence-electron chi connectivity index (χ3n) is 2.84. The van der Waals surface area contributed by atoms with Crippen LogP contribution in [0.1, 0.15) is 23.4 Å². The van der Waals surface area contributed by atoms with Gasteiger partial charge in [-0.3, -0.25) is 4.79 Å². The molecule has 0 fully saturated rings. The van der Waals surface area contributed by atoms with E-state index in [4.69, 9.17) is 4.42 Å². The predicted octanol–water partition coefficient (Wildman–Crippen LogP) is 2.37. The molecule has 1 aromatic heterocycles. The number of rotatable bonds is 5. The van der Waals surface area contributed by atoms with E-state index in [1.807, 2.05) is 6.92 Å². The Morgan fingerprint density at radius 3 is 2.74 bits per heavy atom. The average Bonchev–Trinajstić information content (AvgIpc) is 2.81. The summed E-state index contributed by atoms with van der Waals surface area (Å²) in [5, 5.41) is 2.76. The van der Waals surface area contributed by atoms with Crippen LogP contribution in [0.15, 0.2) is 35.1 Å². The third kappa shape index (κ3) is 3.91. The molecular formula is C14H15FN2O2. The van der Waals surface area contributed by atoms with Crippen molar-refractivity contribution in [1.82, 2.24) is 10.3 Å². The first-order valence-electron chi connectivity index (χ1n) is 6.05. The number of nitrogens with zero attached hydrogens (tertiary/aromatic N) is 1. The maximum atomic E-state index is 12.7. The van der Waals surface area contributed by atoms with Crippen molar-refractivity contribution in [3.8, 4) is 0 Å². The Hall–Kier alpha value is -2.17. The summed E-state index contributed by atoms with van der Waals surface area (Å²) in [7, 11) is 0. The first-order chi connectivity index (χ1) is 9.15. The third-order valence-corrected chi connectivity index (χ3v) is 2.84. The van der Waals surface area contributed by atoms with Crippen molar-refractivity contribution >= 4 is 5.91 Å². The molecule has 100 valence electrons. The molecule has 0 aliphatic carbocycles. The normalized spacial score (nSPS) is 10.4. The SMILES string of the molecule is Cc1ncoc1CNC(=O)CCc1ccc(F)cc1. The van der Waals surface area contributed by atoms with Gasteiger partial charge in [-0.25, -0.2) is 9.37 Å². The fourth-order valence-electron chi connectivity index (χ4n) is 1.67. The van der Waals surface area contributed by atoms with E-state index in [-0.39, 0.29) is 11.7 Å². The van der Waals surface area contributed by atoms with E-state index in [0.717, 1.165) is 11.3 Å². The number of hydrogen-bond donors (Lipinski definition) is 1. The summed E-state index contributed by atoms with van der Waals surface area (Å²) >= 11 is 0. The molecule has 1 N–H and O–H groups in total. The van der Waals surface area contributed by atoms with Crippen molar-refractivity contribution in [3.05, 3.63) is 53.5 Å². The minimum absolute atomic E-state index is 0.0693. The standard InChI is InChI=1S/C14H15FN2O2/c1-10-13(19-9-17-10)8-16-14(18)7-4-11-2-5-12(15)6-3-11/h2-3,5-6,9H,4,7-8H2,1H3,(H,16,18). The molecule has 2 aromatic rings. The molecule has 0 saturated heterocycles. The highest BCUT2D eigenvalue weighted by atomic mass is 19.1. The van der Waals surface area contributed by atoms with Crippen LogP contribution >= 0.6 is 0 Å². The highest BCUT2D eigenvalue weighted by Crippen LogP contribution is 2.06. The molecule has 0 unspecified atom stereocenters. The van der Waals surface area contributed by atoms with E-state index < -0.39 is 0 Å². The van der Waals surface area contributed by atoms with Crippen LogP contribution in [0.2, 0.25) is 0 Å². The number of carbonyl (C=O) groups excluding carboxylic acids is 1. The van der Waals surface area contributed by atoms with Gasteiger partial charge in [0.25, 0.3) is 0 Å². The summed E-state index contributed by atoms with van der Waals surface area (Å²) in [5.74, 6) is 0.323. The molecule has 0 spiro atoms. The number of benzene rings is 1. The summed E-state index contributed by atoms with van der Waals surface area (Å²) in [6.45, 7) is 2.16. The number of aromatic nitrogens is 1. The molecule has 0 radical (unpaired) electrons. The molecule has 0 saturated carbocycles. The molecule has 0 aliphatic rings.